The topological polar surface area (TPSA) is 70.6 Å². The van der Waals surface area contributed by atoms with Crippen molar-refractivity contribution in [3.8, 4) is 5.75 Å². The van der Waals surface area contributed by atoms with Gasteiger partial charge in [-0.1, -0.05) is 11.6 Å². The molecular weight excluding hydrogens is 304 g/mol. The number of urea groups is 1. The van der Waals surface area contributed by atoms with Crippen LogP contribution in [-0.2, 0) is 0 Å². The molecule has 120 valence electrons. The minimum atomic E-state index is -0.253. The first-order valence-electron chi connectivity index (χ1n) is 7.64. The van der Waals surface area contributed by atoms with Crippen LogP contribution in [0.5, 0.6) is 5.75 Å². The van der Waals surface area contributed by atoms with Gasteiger partial charge in [-0.3, -0.25) is 0 Å². The van der Waals surface area contributed by atoms with Crippen LogP contribution in [0.2, 0.25) is 5.02 Å². The maximum Gasteiger partial charge on any atom is 0.319 e. The Morgan fingerprint density at radius 1 is 1.41 bits per heavy atom. The van der Waals surface area contributed by atoms with Crippen molar-refractivity contribution in [3.63, 3.8) is 0 Å². The predicted octanol–water partition coefficient (Wildman–Crippen LogP) is 2.88. The number of methoxy groups -OCH3 is 1. The molecular formula is C16H21ClN2O3. The number of fused-ring (bicyclic) bond motifs is 2. The Labute approximate surface area is 135 Å². The Bertz CT molecular complexity index is 566. The van der Waals surface area contributed by atoms with Crippen LogP contribution in [0.15, 0.2) is 18.2 Å². The first-order valence-corrected chi connectivity index (χ1v) is 8.02. The number of rotatable bonds is 4. The first kappa shape index (κ1) is 15.4. The summed E-state index contributed by atoms with van der Waals surface area (Å²) in [7, 11) is 1.55. The van der Waals surface area contributed by atoms with Crippen molar-refractivity contribution in [2.45, 2.75) is 25.3 Å². The predicted molar refractivity (Wildman–Crippen MR) is 85.4 cm³/mol. The molecule has 5 nitrogen and oxygen atoms in total. The van der Waals surface area contributed by atoms with Crippen LogP contribution in [0.4, 0.5) is 10.5 Å². The Kier molecular flexibility index (Phi) is 4.45. The van der Waals surface area contributed by atoms with Crippen molar-refractivity contribution < 1.29 is 14.6 Å². The zero-order valence-corrected chi connectivity index (χ0v) is 13.3. The maximum atomic E-state index is 12.2. The summed E-state index contributed by atoms with van der Waals surface area (Å²) in [6.07, 6.45) is 3.43. The smallest absolute Gasteiger partial charge is 0.319 e. The third-order valence-electron chi connectivity index (χ3n) is 5.01. The van der Waals surface area contributed by atoms with E-state index in [0.717, 1.165) is 12.8 Å². The van der Waals surface area contributed by atoms with E-state index < -0.39 is 0 Å². The highest BCUT2D eigenvalue weighted by molar-refractivity contribution is 6.32. The Hall–Kier alpha value is -1.46. The highest BCUT2D eigenvalue weighted by Gasteiger charge is 2.47. The summed E-state index contributed by atoms with van der Waals surface area (Å²) in [6.45, 7) is 0.139. The van der Waals surface area contributed by atoms with E-state index in [2.05, 4.69) is 10.6 Å². The van der Waals surface area contributed by atoms with Crippen molar-refractivity contribution in [1.29, 1.82) is 0 Å². The van der Waals surface area contributed by atoms with Gasteiger partial charge in [-0.2, -0.15) is 0 Å². The number of aliphatic hydroxyl groups excluding tert-OH is 1. The molecule has 0 spiro atoms. The van der Waals surface area contributed by atoms with Gasteiger partial charge in [-0.15, -0.1) is 0 Å². The van der Waals surface area contributed by atoms with Crippen LogP contribution >= 0.6 is 11.6 Å². The number of halogens is 1. The van der Waals surface area contributed by atoms with Gasteiger partial charge in [-0.25, -0.2) is 4.79 Å². The van der Waals surface area contributed by atoms with Gasteiger partial charge in [0.1, 0.15) is 5.75 Å². The van der Waals surface area contributed by atoms with Crippen LogP contribution in [0.3, 0.4) is 0 Å². The number of anilines is 1. The quantitative estimate of drug-likeness (QED) is 0.797. The number of hydrogen-bond donors (Lipinski definition) is 3. The molecule has 6 heteroatoms. The summed E-state index contributed by atoms with van der Waals surface area (Å²) >= 11 is 6.05. The van der Waals surface area contributed by atoms with E-state index in [1.165, 1.54) is 6.42 Å². The summed E-state index contributed by atoms with van der Waals surface area (Å²) in [5.74, 6) is 1.80. The summed E-state index contributed by atoms with van der Waals surface area (Å²) in [5.41, 5.74) is 0.618. The number of aliphatic hydroxyl groups is 1. The van der Waals surface area contributed by atoms with Crippen molar-refractivity contribution in [1.82, 2.24) is 5.32 Å². The zero-order valence-electron chi connectivity index (χ0n) is 12.5. The minimum Gasteiger partial charge on any atom is -0.495 e. The fourth-order valence-corrected chi connectivity index (χ4v) is 4.22. The fourth-order valence-electron chi connectivity index (χ4n) is 3.96. The molecule has 3 N–H and O–H groups in total. The van der Waals surface area contributed by atoms with Gasteiger partial charge in [0.25, 0.3) is 0 Å². The minimum absolute atomic E-state index is 0.0671. The van der Waals surface area contributed by atoms with Crippen molar-refractivity contribution in [2.24, 2.45) is 17.8 Å². The molecule has 2 fully saturated rings. The normalized spacial score (nSPS) is 29.4. The molecule has 4 atom stereocenters. The van der Waals surface area contributed by atoms with E-state index >= 15 is 0 Å². The van der Waals surface area contributed by atoms with Crippen LogP contribution < -0.4 is 15.4 Å². The van der Waals surface area contributed by atoms with Gasteiger partial charge in [0, 0.05) is 24.3 Å². The standard InChI is InChI=1S/C16H21ClN2O3/c1-22-14-5-4-11(7-13(14)17)18-16(21)19-15-10-3-2-9(6-10)12(15)8-20/h4-5,7,9-10,12,15,20H,2-3,6,8H2,1H3,(H2,18,19,21). The molecule has 0 radical (unpaired) electrons. The van der Waals surface area contributed by atoms with Crippen molar-refractivity contribution in [2.75, 3.05) is 19.0 Å². The van der Waals surface area contributed by atoms with E-state index in [0.29, 0.717) is 28.3 Å². The maximum absolute atomic E-state index is 12.2. The highest BCUT2D eigenvalue weighted by Crippen LogP contribution is 2.48. The summed E-state index contributed by atoms with van der Waals surface area (Å²) < 4.78 is 5.09. The van der Waals surface area contributed by atoms with Gasteiger partial charge < -0.3 is 20.5 Å². The van der Waals surface area contributed by atoms with Gasteiger partial charge in [0.05, 0.1) is 12.1 Å². The Morgan fingerprint density at radius 3 is 2.86 bits per heavy atom. The van der Waals surface area contributed by atoms with Crippen molar-refractivity contribution >= 4 is 23.3 Å². The molecule has 3 rings (SSSR count). The second-order valence-electron chi connectivity index (χ2n) is 6.15. The summed E-state index contributed by atoms with van der Waals surface area (Å²) in [6, 6.07) is 4.93. The number of benzene rings is 1. The number of hydrogen-bond acceptors (Lipinski definition) is 3. The van der Waals surface area contributed by atoms with Gasteiger partial charge in [0.2, 0.25) is 0 Å². The lowest BCUT2D eigenvalue weighted by molar-refractivity contribution is 0.146. The SMILES string of the molecule is COc1ccc(NC(=O)NC2C3CCC(C3)C2CO)cc1Cl. The van der Waals surface area contributed by atoms with Gasteiger partial charge in [0.15, 0.2) is 0 Å². The molecule has 0 aromatic heterocycles. The van der Waals surface area contributed by atoms with Gasteiger partial charge >= 0.3 is 6.03 Å². The number of carbonyl (C=O) groups excluding carboxylic acids is 1. The van der Waals surface area contributed by atoms with E-state index in [4.69, 9.17) is 16.3 Å². The second-order valence-corrected chi connectivity index (χ2v) is 6.56. The molecule has 1 aromatic rings. The molecule has 2 bridgehead atoms. The largest absolute Gasteiger partial charge is 0.495 e. The molecule has 4 unspecified atom stereocenters. The number of ether oxygens (including phenoxy) is 1. The molecule has 2 aliphatic carbocycles. The van der Waals surface area contributed by atoms with Crippen LogP contribution in [-0.4, -0.2) is 30.9 Å². The second kappa shape index (κ2) is 6.34. The molecule has 0 saturated heterocycles. The van der Waals surface area contributed by atoms with Crippen molar-refractivity contribution in [3.05, 3.63) is 23.2 Å². The number of carbonyl (C=O) groups is 1. The number of nitrogens with one attached hydrogen (secondary N) is 2. The van der Waals surface area contributed by atoms with Gasteiger partial charge in [-0.05, 0) is 49.3 Å². The first-order chi connectivity index (χ1) is 10.6. The zero-order chi connectivity index (χ0) is 15.7. The summed E-state index contributed by atoms with van der Waals surface area (Å²) in [5, 5.41) is 15.8. The lowest BCUT2D eigenvalue weighted by Crippen LogP contribution is -2.46. The molecule has 1 aromatic carbocycles. The average molecular weight is 325 g/mol. The lowest BCUT2D eigenvalue weighted by Gasteiger charge is -2.30. The molecule has 2 saturated carbocycles. The molecule has 2 amide bonds. The average Bonchev–Trinajstić information content (AvgIpc) is 3.08. The molecule has 0 aliphatic heterocycles. The molecule has 2 aliphatic rings. The Morgan fingerprint density at radius 2 is 2.18 bits per heavy atom. The van der Waals surface area contributed by atoms with Crippen LogP contribution in [0.25, 0.3) is 0 Å². The molecule has 22 heavy (non-hydrogen) atoms. The summed E-state index contributed by atoms with van der Waals surface area (Å²) in [4.78, 5) is 12.2. The highest BCUT2D eigenvalue weighted by atomic mass is 35.5. The van der Waals surface area contributed by atoms with Crippen LogP contribution in [0, 0.1) is 17.8 Å². The van der Waals surface area contributed by atoms with E-state index in [1.54, 1.807) is 25.3 Å². The lowest BCUT2D eigenvalue weighted by atomic mass is 9.85. The third kappa shape index (κ3) is 2.88. The third-order valence-corrected chi connectivity index (χ3v) is 5.30. The van der Waals surface area contributed by atoms with E-state index in [-0.39, 0.29) is 24.6 Å². The van der Waals surface area contributed by atoms with Crippen LogP contribution in [0.1, 0.15) is 19.3 Å². The van der Waals surface area contributed by atoms with E-state index in [9.17, 15) is 9.90 Å². The number of amides is 2. The monoisotopic (exact) mass is 324 g/mol. The Balaban J connectivity index is 1.62. The fraction of sp³-hybridized carbons (Fsp3) is 0.562. The molecule has 0 heterocycles. The van der Waals surface area contributed by atoms with E-state index in [1.807, 2.05) is 0 Å².